The van der Waals surface area contributed by atoms with Gasteiger partial charge in [-0.3, -0.25) is 4.79 Å². The molecule has 2 heterocycles. The molecule has 2 aromatic heterocycles. The zero-order valence-electron chi connectivity index (χ0n) is 14.2. The first-order chi connectivity index (χ1) is 12.5. The van der Waals surface area contributed by atoms with Gasteiger partial charge in [-0.05, 0) is 44.2 Å². The van der Waals surface area contributed by atoms with E-state index in [4.69, 9.17) is 23.2 Å². The number of halogens is 2. The van der Waals surface area contributed by atoms with Crippen molar-refractivity contribution in [3.63, 3.8) is 0 Å². The molecule has 1 N–H and O–H groups in total. The summed E-state index contributed by atoms with van der Waals surface area (Å²) in [4.78, 5) is 16.0. The first-order valence-corrected chi connectivity index (χ1v) is 8.62. The summed E-state index contributed by atoms with van der Waals surface area (Å²) in [6.07, 6.45) is 3.11. The lowest BCUT2D eigenvalue weighted by molar-refractivity contribution is 0.0955. The van der Waals surface area contributed by atoms with Crippen LogP contribution in [0.5, 0.6) is 0 Å². The van der Waals surface area contributed by atoms with Gasteiger partial charge in [0.1, 0.15) is 5.15 Å². The molecule has 7 heteroatoms. The Morgan fingerprint density at radius 3 is 2.69 bits per heavy atom. The molecule has 0 aliphatic heterocycles. The monoisotopic (exact) mass is 386 g/mol. The first kappa shape index (κ1) is 18.2. The molecule has 132 valence electrons. The lowest BCUT2D eigenvalue weighted by Gasteiger charge is -2.11. The number of nitrogens with one attached hydrogen (secondary N) is 1. The van der Waals surface area contributed by atoms with Gasteiger partial charge in [-0.25, -0.2) is 10.4 Å². The predicted molar refractivity (Wildman–Crippen MR) is 105 cm³/mol. The summed E-state index contributed by atoms with van der Waals surface area (Å²) in [6, 6.07) is 12.8. The number of benzene rings is 1. The van der Waals surface area contributed by atoms with Gasteiger partial charge in [0.05, 0.1) is 22.5 Å². The molecule has 0 spiro atoms. The molecule has 0 radical (unpaired) electrons. The number of hydrogen-bond acceptors (Lipinski definition) is 3. The zero-order valence-corrected chi connectivity index (χ0v) is 15.7. The minimum atomic E-state index is -0.417. The summed E-state index contributed by atoms with van der Waals surface area (Å²) < 4.78 is 2.05. The minimum absolute atomic E-state index is 0.136. The number of hydrogen-bond donors (Lipinski definition) is 1. The van der Waals surface area contributed by atoms with Crippen molar-refractivity contribution in [3.05, 3.63) is 81.4 Å². The average molecular weight is 387 g/mol. The lowest BCUT2D eigenvalue weighted by Crippen LogP contribution is -2.18. The second-order valence-corrected chi connectivity index (χ2v) is 6.42. The van der Waals surface area contributed by atoms with E-state index >= 15 is 0 Å². The quantitative estimate of drug-likeness (QED) is 0.405. The van der Waals surface area contributed by atoms with Crippen molar-refractivity contribution in [2.24, 2.45) is 5.10 Å². The molecular formula is C19H16Cl2N4O. The Balaban J connectivity index is 1.82. The number of amides is 1. The average Bonchev–Trinajstić information content (AvgIpc) is 2.90. The smallest absolute Gasteiger partial charge is 0.274 e. The van der Waals surface area contributed by atoms with Crippen LogP contribution in [0.3, 0.4) is 0 Å². The minimum Gasteiger partial charge on any atom is -0.316 e. The molecule has 0 bridgehead atoms. The van der Waals surface area contributed by atoms with E-state index in [0.717, 1.165) is 22.6 Å². The van der Waals surface area contributed by atoms with Gasteiger partial charge in [0.15, 0.2) is 0 Å². The predicted octanol–water partition coefficient (Wildman–Crippen LogP) is 4.56. The molecule has 0 aliphatic rings. The number of aromatic nitrogens is 2. The molecule has 5 nitrogen and oxygen atoms in total. The maximum atomic E-state index is 12.1. The fraction of sp³-hybridized carbons (Fsp3) is 0.105. The number of nitrogens with zero attached hydrogens (tertiary/aromatic N) is 3. The normalized spacial score (nSPS) is 11.1. The van der Waals surface area contributed by atoms with E-state index in [1.165, 1.54) is 6.20 Å². The van der Waals surface area contributed by atoms with Gasteiger partial charge >= 0.3 is 0 Å². The van der Waals surface area contributed by atoms with E-state index < -0.39 is 5.91 Å². The van der Waals surface area contributed by atoms with Crippen molar-refractivity contribution in [2.45, 2.75) is 13.8 Å². The third-order valence-corrected chi connectivity index (χ3v) is 4.56. The SMILES string of the molecule is Cc1cc(C=NNC(=O)c2cccnc2Cl)c(C)n1-c1ccccc1Cl. The highest BCUT2D eigenvalue weighted by Gasteiger charge is 2.12. The number of aryl methyl sites for hydroxylation is 1. The number of carbonyl (C=O) groups is 1. The summed E-state index contributed by atoms with van der Waals surface area (Å²) in [5.41, 5.74) is 6.49. The van der Waals surface area contributed by atoms with Gasteiger partial charge < -0.3 is 4.57 Å². The second kappa shape index (κ2) is 7.72. The Morgan fingerprint density at radius 1 is 1.19 bits per heavy atom. The zero-order chi connectivity index (χ0) is 18.7. The van der Waals surface area contributed by atoms with Crippen LogP contribution >= 0.6 is 23.2 Å². The molecule has 3 aromatic rings. The molecule has 0 atom stereocenters. The molecule has 0 saturated carbocycles. The van der Waals surface area contributed by atoms with Crippen LogP contribution in [0.25, 0.3) is 5.69 Å². The van der Waals surface area contributed by atoms with Crippen LogP contribution in [0.2, 0.25) is 10.2 Å². The standard InChI is InChI=1S/C19H16Cl2N4O/c1-12-10-14(13(2)25(12)17-8-4-3-7-16(17)20)11-23-24-19(26)15-6-5-9-22-18(15)21/h3-11H,1-2H3,(H,24,26). The van der Waals surface area contributed by atoms with Crippen LogP contribution in [0.15, 0.2) is 53.8 Å². The van der Waals surface area contributed by atoms with E-state index in [2.05, 4.69) is 15.5 Å². The van der Waals surface area contributed by atoms with Gasteiger partial charge in [0, 0.05) is 23.1 Å². The van der Waals surface area contributed by atoms with Gasteiger partial charge in [0.2, 0.25) is 0 Å². The van der Waals surface area contributed by atoms with Gasteiger partial charge in [0.25, 0.3) is 5.91 Å². The van der Waals surface area contributed by atoms with E-state index in [1.807, 2.05) is 48.7 Å². The molecule has 1 amide bonds. The Morgan fingerprint density at radius 2 is 1.96 bits per heavy atom. The van der Waals surface area contributed by atoms with Crippen molar-refractivity contribution in [3.8, 4) is 5.69 Å². The summed E-state index contributed by atoms with van der Waals surface area (Å²) in [5.74, 6) is -0.417. The fourth-order valence-electron chi connectivity index (χ4n) is 2.70. The maximum absolute atomic E-state index is 12.1. The van der Waals surface area contributed by atoms with Crippen LogP contribution in [-0.2, 0) is 0 Å². The molecule has 26 heavy (non-hydrogen) atoms. The van der Waals surface area contributed by atoms with Crippen molar-refractivity contribution < 1.29 is 4.79 Å². The Bertz CT molecular complexity index is 995. The topological polar surface area (TPSA) is 59.3 Å². The Kier molecular flexibility index (Phi) is 5.40. The summed E-state index contributed by atoms with van der Waals surface area (Å²) in [6.45, 7) is 3.96. The van der Waals surface area contributed by atoms with Crippen LogP contribution < -0.4 is 5.43 Å². The Hall–Kier alpha value is -2.63. The number of para-hydroxylation sites is 1. The highest BCUT2D eigenvalue weighted by atomic mass is 35.5. The van der Waals surface area contributed by atoms with E-state index in [1.54, 1.807) is 18.3 Å². The van der Waals surface area contributed by atoms with Crippen molar-refractivity contribution in [1.82, 2.24) is 15.0 Å². The number of hydrazone groups is 1. The van der Waals surface area contributed by atoms with Crippen LogP contribution in [0.1, 0.15) is 27.3 Å². The Labute approximate surface area is 161 Å². The molecule has 0 saturated heterocycles. The third kappa shape index (κ3) is 3.64. The van der Waals surface area contributed by atoms with E-state index in [-0.39, 0.29) is 10.7 Å². The summed E-state index contributed by atoms with van der Waals surface area (Å²) in [7, 11) is 0. The molecule has 0 fully saturated rings. The maximum Gasteiger partial charge on any atom is 0.274 e. The van der Waals surface area contributed by atoms with Crippen molar-refractivity contribution >= 4 is 35.3 Å². The van der Waals surface area contributed by atoms with Gasteiger partial charge in [-0.2, -0.15) is 5.10 Å². The molecular weight excluding hydrogens is 371 g/mol. The van der Waals surface area contributed by atoms with E-state index in [9.17, 15) is 4.79 Å². The van der Waals surface area contributed by atoms with E-state index in [0.29, 0.717) is 5.02 Å². The number of rotatable bonds is 4. The molecule has 0 aliphatic carbocycles. The first-order valence-electron chi connectivity index (χ1n) is 7.87. The van der Waals surface area contributed by atoms with Gasteiger partial charge in [-0.15, -0.1) is 0 Å². The third-order valence-electron chi connectivity index (χ3n) is 3.94. The highest BCUT2D eigenvalue weighted by molar-refractivity contribution is 6.32. The molecule has 0 unspecified atom stereocenters. The van der Waals surface area contributed by atoms with Crippen molar-refractivity contribution in [2.75, 3.05) is 0 Å². The lowest BCUT2D eigenvalue weighted by atomic mass is 10.2. The molecule has 1 aromatic carbocycles. The van der Waals surface area contributed by atoms with Crippen LogP contribution in [-0.4, -0.2) is 21.7 Å². The largest absolute Gasteiger partial charge is 0.316 e. The second-order valence-electron chi connectivity index (χ2n) is 5.65. The summed E-state index contributed by atoms with van der Waals surface area (Å²) >= 11 is 12.2. The fourth-order valence-corrected chi connectivity index (χ4v) is 3.12. The number of pyridine rings is 1. The van der Waals surface area contributed by atoms with Crippen molar-refractivity contribution in [1.29, 1.82) is 0 Å². The number of carbonyl (C=O) groups excluding carboxylic acids is 1. The van der Waals surface area contributed by atoms with Crippen LogP contribution in [0, 0.1) is 13.8 Å². The summed E-state index contributed by atoms with van der Waals surface area (Å²) in [5, 5.41) is 4.83. The highest BCUT2D eigenvalue weighted by Crippen LogP contribution is 2.25. The van der Waals surface area contributed by atoms with Crippen LogP contribution in [0.4, 0.5) is 0 Å². The molecule has 3 rings (SSSR count). The van der Waals surface area contributed by atoms with Gasteiger partial charge in [-0.1, -0.05) is 35.3 Å².